The predicted octanol–water partition coefficient (Wildman–Crippen LogP) is 1.87. The van der Waals surface area contributed by atoms with E-state index >= 15 is 0 Å². The predicted molar refractivity (Wildman–Crippen MR) is 165 cm³/mol. The van der Waals surface area contributed by atoms with Crippen molar-refractivity contribution < 1.29 is 49.2 Å². The zero-order valence-electron chi connectivity index (χ0n) is 25.2. The van der Waals surface area contributed by atoms with Gasteiger partial charge in [-0.2, -0.15) is 11.8 Å². The molecule has 0 aromatic carbocycles. The van der Waals surface area contributed by atoms with Crippen molar-refractivity contribution in [2.75, 3.05) is 12.3 Å². The minimum absolute atomic E-state index is 0.0228. The summed E-state index contributed by atoms with van der Waals surface area (Å²) in [5.74, 6) is -5.46. The number of nitrogens with one attached hydrogen (secondary N) is 2. The molecule has 0 saturated heterocycles. The van der Waals surface area contributed by atoms with Crippen LogP contribution in [0.25, 0.3) is 0 Å². The Kier molecular flexibility index (Phi) is 18.9. The second-order valence-electron chi connectivity index (χ2n) is 10.9. The number of ketones is 1. The number of rotatable bonds is 23. The molecule has 0 spiro atoms. The van der Waals surface area contributed by atoms with E-state index in [4.69, 9.17) is 21.1 Å². The summed E-state index contributed by atoms with van der Waals surface area (Å²) in [7, 11) is 0. The first-order valence-electron chi connectivity index (χ1n) is 15.0. The quantitative estimate of drug-likeness (QED) is 0.0626. The van der Waals surface area contributed by atoms with Gasteiger partial charge in [0.2, 0.25) is 11.8 Å². The highest BCUT2D eigenvalue weighted by atomic mass is 32.2. The number of unbranched alkanes of at least 4 members (excludes halogenated alkanes) is 3. The fraction of sp³-hybridized carbons (Fsp3) is 0.667. The number of aliphatic carboxylic acids is 3. The summed E-state index contributed by atoms with van der Waals surface area (Å²) in [5, 5.41) is 41.6. The maximum absolute atomic E-state index is 13.1. The van der Waals surface area contributed by atoms with E-state index in [1.165, 1.54) is 11.8 Å². The Hall–Kier alpha value is -3.23. The van der Waals surface area contributed by atoms with Crippen molar-refractivity contribution in [3.63, 3.8) is 0 Å². The molecule has 0 aliphatic heterocycles. The first-order valence-corrected chi connectivity index (χ1v) is 16.0. The van der Waals surface area contributed by atoms with Crippen LogP contribution in [0.3, 0.4) is 0 Å². The second kappa shape index (κ2) is 21.5. The largest absolute Gasteiger partial charge is 0.481 e. The topological polar surface area (TPSA) is 233 Å². The lowest BCUT2D eigenvalue weighted by atomic mass is 9.91. The third kappa shape index (κ3) is 16.0. The molecule has 0 aromatic rings. The highest BCUT2D eigenvalue weighted by molar-refractivity contribution is 8.00. The van der Waals surface area contributed by atoms with Crippen LogP contribution < -0.4 is 16.4 Å². The Morgan fingerprint density at radius 2 is 1.75 bits per heavy atom. The average molecular weight is 642 g/mol. The highest BCUT2D eigenvalue weighted by Gasteiger charge is 2.41. The van der Waals surface area contributed by atoms with Gasteiger partial charge in [0.05, 0.1) is 6.10 Å². The van der Waals surface area contributed by atoms with Gasteiger partial charge in [-0.25, -0.2) is 0 Å². The van der Waals surface area contributed by atoms with Crippen molar-refractivity contribution in [3.8, 4) is 0 Å². The van der Waals surface area contributed by atoms with E-state index in [1.807, 2.05) is 12.2 Å². The maximum Gasteiger partial charge on any atom is 0.322 e. The lowest BCUT2D eigenvalue weighted by Crippen LogP contribution is -2.49. The van der Waals surface area contributed by atoms with Gasteiger partial charge < -0.3 is 36.8 Å². The normalized spacial score (nSPS) is 20.4. The second-order valence-corrected chi connectivity index (χ2v) is 12.2. The highest BCUT2D eigenvalue weighted by Crippen LogP contribution is 2.41. The molecule has 6 atom stereocenters. The third-order valence-electron chi connectivity index (χ3n) is 7.24. The van der Waals surface area contributed by atoms with Gasteiger partial charge in [-0.3, -0.25) is 28.8 Å². The summed E-state index contributed by atoms with van der Waals surface area (Å²) in [6, 6.07) is -2.41. The van der Waals surface area contributed by atoms with Crippen LogP contribution in [-0.2, 0) is 28.8 Å². The van der Waals surface area contributed by atoms with Crippen molar-refractivity contribution in [1.29, 1.82) is 0 Å². The molecule has 0 heterocycles. The summed E-state index contributed by atoms with van der Waals surface area (Å²) in [6.07, 6.45) is 11.3. The van der Waals surface area contributed by atoms with Crippen LogP contribution >= 0.6 is 11.8 Å². The minimum Gasteiger partial charge on any atom is -0.481 e. The first-order chi connectivity index (χ1) is 20.8. The van der Waals surface area contributed by atoms with Crippen LogP contribution in [0.4, 0.5) is 0 Å². The number of thioether (sulfide) groups is 1. The summed E-state index contributed by atoms with van der Waals surface area (Å²) < 4.78 is 0. The van der Waals surface area contributed by atoms with Crippen LogP contribution in [-0.4, -0.2) is 91.7 Å². The number of Topliss-reactive ketones (excluding diaryl/α,β-unsaturated/α-hetero) is 1. The molecular weight excluding hydrogens is 594 g/mol. The molecule has 0 radical (unpaired) electrons. The number of amides is 2. The van der Waals surface area contributed by atoms with Crippen molar-refractivity contribution in [3.05, 3.63) is 24.3 Å². The molecule has 13 nitrogen and oxygen atoms in total. The fourth-order valence-electron chi connectivity index (χ4n) is 4.74. The Labute approximate surface area is 262 Å². The minimum atomic E-state index is -1.27. The standard InChI is InChI=1S/C30H47N3O10S/c1-2-3-6-9-19(34)12-13-20-21(10-7-4-5-8-11-27(37)38)25(16-24(20)35)44-18-23(29(41)32-17-28(39)40)33-26(36)15-14-22(31)30(42)43/h4,7,12-13,19-23,25,34H,2-3,5-6,8-11,14-18,31H2,1H3,(H,32,41)(H,33,36)(H,37,38)(H,39,40)(H,42,43). The van der Waals surface area contributed by atoms with Crippen molar-refractivity contribution in [2.24, 2.45) is 17.6 Å². The molecule has 0 bridgehead atoms. The summed E-state index contributed by atoms with van der Waals surface area (Å²) >= 11 is 1.29. The molecule has 8 N–H and O–H groups in total. The number of aliphatic hydroxyl groups excluding tert-OH is 1. The van der Waals surface area contributed by atoms with E-state index in [1.54, 1.807) is 12.2 Å². The van der Waals surface area contributed by atoms with Gasteiger partial charge in [0, 0.05) is 36.2 Å². The lowest BCUT2D eigenvalue weighted by Gasteiger charge is -2.24. The number of hydrogen-bond acceptors (Lipinski definition) is 9. The summed E-state index contributed by atoms with van der Waals surface area (Å²) in [5.41, 5.74) is 5.46. The molecule has 1 aliphatic rings. The van der Waals surface area contributed by atoms with Crippen molar-refractivity contribution >= 4 is 47.3 Å². The first kappa shape index (κ1) is 38.8. The molecule has 1 rings (SSSR count). The van der Waals surface area contributed by atoms with Crippen LogP contribution in [0, 0.1) is 11.8 Å². The Morgan fingerprint density at radius 1 is 1.02 bits per heavy atom. The molecule has 44 heavy (non-hydrogen) atoms. The Balaban J connectivity index is 3.03. The van der Waals surface area contributed by atoms with Crippen molar-refractivity contribution in [1.82, 2.24) is 10.6 Å². The van der Waals surface area contributed by atoms with Gasteiger partial charge in [0.1, 0.15) is 24.4 Å². The van der Waals surface area contributed by atoms with Crippen LogP contribution in [0.2, 0.25) is 0 Å². The summed E-state index contributed by atoms with van der Waals surface area (Å²) in [4.78, 5) is 71.1. The average Bonchev–Trinajstić information content (AvgIpc) is 3.26. The number of aliphatic hydroxyl groups is 1. The number of hydrogen-bond donors (Lipinski definition) is 7. The van der Waals surface area contributed by atoms with Gasteiger partial charge in [-0.05, 0) is 38.0 Å². The molecule has 0 aromatic heterocycles. The Bertz CT molecular complexity index is 1030. The molecule has 248 valence electrons. The molecule has 1 saturated carbocycles. The van der Waals surface area contributed by atoms with E-state index in [-0.39, 0.29) is 48.4 Å². The number of carbonyl (C=O) groups is 6. The van der Waals surface area contributed by atoms with Gasteiger partial charge in [0.25, 0.3) is 0 Å². The smallest absolute Gasteiger partial charge is 0.322 e. The molecular formula is C30H47N3O10S. The maximum atomic E-state index is 13.1. The molecule has 6 unspecified atom stereocenters. The van der Waals surface area contributed by atoms with Crippen LogP contribution in [0.1, 0.15) is 77.6 Å². The van der Waals surface area contributed by atoms with Crippen molar-refractivity contribution in [2.45, 2.75) is 101 Å². The number of allylic oxidation sites excluding steroid dienone is 3. The summed E-state index contributed by atoms with van der Waals surface area (Å²) in [6.45, 7) is 1.40. The number of carboxylic acid groups (broad SMARTS) is 3. The van der Waals surface area contributed by atoms with Crippen LogP contribution in [0.15, 0.2) is 24.3 Å². The number of carboxylic acids is 3. The monoisotopic (exact) mass is 641 g/mol. The number of carbonyl (C=O) groups excluding carboxylic acids is 3. The molecule has 14 heteroatoms. The van der Waals surface area contributed by atoms with Gasteiger partial charge in [-0.1, -0.05) is 50.5 Å². The third-order valence-corrected chi connectivity index (χ3v) is 8.71. The lowest BCUT2D eigenvalue weighted by molar-refractivity contribution is -0.139. The van der Waals surface area contributed by atoms with Crippen LogP contribution in [0.5, 0.6) is 0 Å². The van der Waals surface area contributed by atoms with E-state index in [0.717, 1.165) is 19.3 Å². The zero-order chi connectivity index (χ0) is 33.1. The number of nitrogens with two attached hydrogens (primary N) is 1. The SMILES string of the molecule is CCCCCC(O)C=CC1C(=O)CC(SCC(NC(=O)CCC(N)C(=O)O)C(=O)NCC(=O)O)C1CC=CCCCC(=O)O. The molecule has 1 fully saturated rings. The fourth-order valence-corrected chi connectivity index (χ4v) is 6.23. The van der Waals surface area contributed by atoms with E-state index < -0.39 is 60.4 Å². The van der Waals surface area contributed by atoms with Gasteiger partial charge in [0.15, 0.2) is 0 Å². The van der Waals surface area contributed by atoms with Gasteiger partial charge >= 0.3 is 17.9 Å². The zero-order valence-corrected chi connectivity index (χ0v) is 26.0. The van der Waals surface area contributed by atoms with Gasteiger partial charge in [-0.15, -0.1) is 0 Å². The van der Waals surface area contributed by atoms with E-state index in [2.05, 4.69) is 17.6 Å². The molecule has 1 aliphatic carbocycles. The Morgan fingerprint density at radius 3 is 2.39 bits per heavy atom. The van der Waals surface area contributed by atoms with E-state index in [9.17, 15) is 33.9 Å². The van der Waals surface area contributed by atoms with E-state index in [0.29, 0.717) is 25.7 Å². The molecule has 2 amide bonds.